The molecule has 1 aliphatic heterocycles. The molecule has 1 amide bonds. The molecule has 3 rings (SSSR count). The van der Waals surface area contributed by atoms with Gasteiger partial charge in [-0.3, -0.25) is 9.79 Å². The van der Waals surface area contributed by atoms with Crippen LogP contribution in [0.1, 0.15) is 27.1 Å². The second kappa shape index (κ2) is 4.87. The number of thiophene rings is 1. The predicted octanol–water partition coefficient (Wildman–Crippen LogP) is 3.46. The number of hydrogen-bond donors (Lipinski definition) is 1. The van der Waals surface area contributed by atoms with Gasteiger partial charge in [-0.1, -0.05) is 24.3 Å². The van der Waals surface area contributed by atoms with Crippen molar-refractivity contribution in [1.82, 2.24) is 0 Å². The van der Waals surface area contributed by atoms with E-state index in [0.717, 1.165) is 21.8 Å². The van der Waals surface area contributed by atoms with Crippen molar-refractivity contribution >= 4 is 28.0 Å². The monoisotopic (exact) mass is 284 g/mol. The molecule has 0 saturated heterocycles. The second-order valence-corrected chi connectivity index (χ2v) is 6.24. The molecule has 0 radical (unpaired) electrons. The second-order valence-electron chi connectivity index (χ2n) is 5.02. The molecule has 1 aliphatic rings. The summed E-state index contributed by atoms with van der Waals surface area (Å²) in [6.07, 6.45) is 0. The standard InChI is InChI=1S/C16H16N2OS/c1-9-6-4-5-7-12(9)15-14-10(2)11(3)20-16(14)18-13(19)8-17-15/h4-7H,8H2,1-3H3,(H,18,19). The van der Waals surface area contributed by atoms with Crippen molar-refractivity contribution in [2.24, 2.45) is 4.99 Å². The van der Waals surface area contributed by atoms with Crippen LogP contribution in [0.15, 0.2) is 29.3 Å². The van der Waals surface area contributed by atoms with Gasteiger partial charge in [-0.25, -0.2) is 0 Å². The predicted molar refractivity (Wildman–Crippen MR) is 84.1 cm³/mol. The van der Waals surface area contributed by atoms with Gasteiger partial charge >= 0.3 is 0 Å². The fourth-order valence-corrected chi connectivity index (χ4v) is 3.53. The molecule has 1 aromatic heterocycles. The number of benzene rings is 1. The molecule has 1 N–H and O–H groups in total. The first-order valence-electron chi connectivity index (χ1n) is 6.58. The zero-order valence-electron chi connectivity index (χ0n) is 11.8. The van der Waals surface area contributed by atoms with Crippen LogP contribution in [0.25, 0.3) is 0 Å². The molecular weight excluding hydrogens is 268 g/mol. The molecule has 0 bridgehead atoms. The van der Waals surface area contributed by atoms with E-state index in [2.05, 4.69) is 43.2 Å². The minimum Gasteiger partial charge on any atom is -0.316 e. The van der Waals surface area contributed by atoms with Gasteiger partial charge in [0, 0.05) is 16.0 Å². The molecule has 102 valence electrons. The molecule has 20 heavy (non-hydrogen) atoms. The largest absolute Gasteiger partial charge is 0.316 e. The van der Waals surface area contributed by atoms with Gasteiger partial charge < -0.3 is 5.32 Å². The van der Waals surface area contributed by atoms with Crippen LogP contribution in [-0.4, -0.2) is 18.2 Å². The Hall–Kier alpha value is -1.94. The highest BCUT2D eigenvalue weighted by Gasteiger charge is 2.23. The van der Waals surface area contributed by atoms with E-state index in [1.165, 1.54) is 16.0 Å². The Kier molecular flexibility index (Phi) is 3.18. The highest BCUT2D eigenvalue weighted by atomic mass is 32.1. The molecule has 0 saturated carbocycles. The number of fused-ring (bicyclic) bond motifs is 1. The molecule has 0 fully saturated rings. The smallest absolute Gasteiger partial charge is 0.246 e. The van der Waals surface area contributed by atoms with Crippen molar-refractivity contribution in [2.75, 3.05) is 11.9 Å². The molecule has 0 unspecified atom stereocenters. The maximum Gasteiger partial charge on any atom is 0.246 e. The van der Waals surface area contributed by atoms with Crippen molar-refractivity contribution in [3.8, 4) is 0 Å². The number of nitrogens with one attached hydrogen (secondary N) is 1. The maximum absolute atomic E-state index is 11.8. The molecule has 0 spiro atoms. The lowest BCUT2D eigenvalue weighted by atomic mass is 9.96. The lowest BCUT2D eigenvalue weighted by Crippen LogP contribution is -2.12. The van der Waals surface area contributed by atoms with E-state index in [1.807, 2.05) is 12.1 Å². The van der Waals surface area contributed by atoms with Gasteiger partial charge in [0.25, 0.3) is 0 Å². The van der Waals surface area contributed by atoms with E-state index >= 15 is 0 Å². The maximum atomic E-state index is 11.8. The zero-order chi connectivity index (χ0) is 14.3. The molecule has 0 aliphatic carbocycles. The summed E-state index contributed by atoms with van der Waals surface area (Å²) in [7, 11) is 0. The van der Waals surface area contributed by atoms with Crippen LogP contribution in [0.4, 0.5) is 5.00 Å². The van der Waals surface area contributed by atoms with E-state index in [0.29, 0.717) is 0 Å². The van der Waals surface area contributed by atoms with Gasteiger partial charge in [0.05, 0.1) is 5.71 Å². The van der Waals surface area contributed by atoms with Crippen LogP contribution in [0, 0.1) is 20.8 Å². The first-order chi connectivity index (χ1) is 9.58. The number of hydrogen-bond acceptors (Lipinski definition) is 3. The third kappa shape index (κ3) is 2.06. The molecule has 1 aromatic carbocycles. The average molecular weight is 284 g/mol. The van der Waals surface area contributed by atoms with E-state index in [9.17, 15) is 4.79 Å². The molecule has 2 aromatic rings. The summed E-state index contributed by atoms with van der Waals surface area (Å²) < 4.78 is 0. The van der Waals surface area contributed by atoms with Crippen molar-refractivity contribution in [3.63, 3.8) is 0 Å². The van der Waals surface area contributed by atoms with Crippen molar-refractivity contribution in [1.29, 1.82) is 0 Å². The Balaban J connectivity index is 2.26. The summed E-state index contributed by atoms with van der Waals surface area (Å²) >= 11 is 1.63. The average Bonchev–Trinajstić information content (AvgIpc) is 2.59. The summed E-state index contributed by atoms with van der Waals surface area (Å²) in [5, 5.41) is 3.89. The lowest BCUT2D eigenvalue weighted by Gasteiger charge is -2.10. The minimum absolute atomic E-state index is 0.0453. The Morgan fingerprint density at radius 3 is 2.70 bits per heavy atom. The lowest BCUT2D eigenvalue weighted by molar-refractivity contribution is -0.114. The Morgan fingerprint density at radius 2 is 1.95 bits per heavy atom. The molecule has 2 heterocycles. The van der Waals surface area contributed by atoms with Gasteiger partial charge in [0.1, 0.15) is 11.5 Å². The highest BCUT2D eigenvalue weighted by molar-refractivity contribution is 7.17. The SMILES string of the molecule is Cc1ccccc1C1=NCC(=O)Nc2sc(C)c(C)c21. The van der Waals surface area contributed by atoms with Gasteiger partial charge in [0.2, 0.25) is 5.91 Å². The van der Waals surface area contributed by atoms with Gasteiger partial charge in [-0.2, -0.15) is 0 Å². The normalized spacial score (nSPS) is 14.3. The third-order valence-corrected chi connectivity index (χ3v) is 4.78. The topological polar surface area (TPSA) is 41.5 Å². The van der Waals surface area contributed by atoms with Gasteiger partial charge in [-0.05, 0) is 31.9 Å². The van der Waals surface area contributed by atoms with E-state index in [4.69, 9.17) is 0 Å². The summed E-state index contributed by atoms with van der Waals surface area (Å²) in [5.74, 6) is -0.0453. The van der Waals surface area contributed by atoms with Crippen LogP contribution in [-0.2, 0) is 4.79 Å². The van der Waals surface area contributed by atoms with Gasteiger partial charge in [0.15, 0.2) is 0 Å². The molecule has 4 heteroatoms. The third-order valence-electron chi connectivity index (χ3n) is 3.66. The Morgan fingerprint density at radius 1 is 1.20 bits per heavy atom. The Bertz CT molecular complexity index is 728. The highest BCUT2D eigenvalue weighted by Crippen LogP contribution is 2.35. The van der Waals surface area contributed by atoms with Crippen molar-refractivity contribution in [2.45, 2.75) is 20.8 Å². The van der Waals surface area contributed by atoms with Crippen LogP contribution in [0.2, 0.25) is 0 Å². The summed E-state index contributed by atoms with van der Waals surface area (Å²) in [4.78, 5) is 17.6. The number of carbonyl (C=O) groups is 1. The number of nitrogens with zero attached hydrogens (tertiary/aromatic N) is 1. The number of carbonyl (C=O) groups excluding carboxylic acids is 1. The summed E-state index contributed by atoms with van der Waals surface area (Å²) in [6.45, 7) is 6.43. The Labute approximate surface area is 122 Å². The first kappa shape index (κ1) is 13.1. The van der Waals surface area contributed by atoms with E-state index in [-0.39, 0.29) is 12.5 Å². The number of aryl methyl sites for hydroxylation is 2. The number of rotatable bonds is 1. The number of anilines is 1. The number of aliphatic imine (C=N–C) groups is 1. The zero-order valence-corrected chi connectivity index (χ0v) is 12.6. The van der Waals surface area contributed by atoms with E-state index in [1.54, 1.807) is 11.3 Å². The van der Waals surface area contributed by atoms with Crippen molar-refractivity contribution < 1.29 is 4.79 Å². The number of amides is 1. The van der Waals surface area contributed by atoms with Crippen LogP contribution < -0.4 is 5.32 Å². The summed E-state index contributed by atoms with van der Waals surface area (Å²) in [6, 6.07) is 8.18. The molecule has 3 nitrogen and oxygen atoms in total. The minimum atomic E-state index is -0.0453. The van der Waals surface area contributed by atoms with Crippen LogP contribution >= 0.6 is 11.3 Å². The van der Waals surface area contributed by atoms with Crippen LogP contribution in [0.5, 0.6) is 0 Å². The van der Waals surface area contributed by atoms with Gasteiger partial charge in [-0.15, -0.1) is 11.3 Å². The fourth-order valence-electron chi connectivity index (χ4n) is 2.45. The summed E-state index contributed by atoms with van der Waals surface area (Å²) in [5.41, 5.74) is 5.49. The quantitative estimate of drug-likeness (QED) is 0.856. The molecule has 0 atom stereocenters. The van der Waals surface area contributed by atoms with Crippen molar-refractivity contribution in [3.05, 3.63) is 51.4 Å². The van der Waals surface area contributed by atoms with E-state index < -0.39 is 0 Å². The fraction of sp³-hybridized carbons (Fsp3) is 0.250. The van der Waals surface area contributed by atoms with Crippen LogP contribution in [0.3, 0.4) is 0 Å². The molecular formula is C16H16N2OS. The first-order valence-corrected chi connectivity index (χ1v) is 7.40.